The summed E-state index contributed by atoms with van der Waals surface area (Å²) >= 11 is 6.26. The lowest BCUT2D eigenvalue weighted by atomic mass is 10.0. The van der Waals surface area contributed by atoms with Crippen LogP contribution in [-0.2, 0) is 17.6 Å². The molecular weight excluding hydrogens is 464 g/mol. The summed E-state index contributed by atoms with van der Waals surface area (Å²) in [5.41, 5.74) is 4.80. The normalized spacial score (nSPS) is 12.0. The maximum Gasteiger partial charge on any atom is 0.307 e. The van der Waals surface area contributed by atoms with Crippen molar-refractivity contribution in [3.05, 3.63) is 83.1 Å². The van der Waals surface area contributed by atoms with Crippen LogP contribution in [0.1, 0.15) is 37.8 Å². The Morgan fingerprint density at radius 2 is 1.86 bits per heavy atom. The van der Waals surface area contributed by atoms with Gasteiger partial charge in [0, 0.05) is 22.9 Å². The lowest BCUT2D eigenvalue weighted by Gasteiger charge is -2.18. The highest BCUT2D eigenvalue weighted by Gasteiger charge is 2.17. The van der Waals surface area contributed by atoms with E-state index < -0.39 is 5.97 Å². The molecule has 182 valence electrons. The van der Waals surface area contributed by atoms with Crippen molar-refractivity contribution in [2.75, 3.05) is 6.61 Å². The molecule has 1 heterocycles. The minimum Gasteiger partial charge on any atom is -0.492 e. The van der Waals surface area contributed by atoms with Crippen molar-refractivity contribution >= 4 is 28.5 Å². The predicted molar refractivity (Wildman–Crippen MR) is 139 cm³/mol. The summed E-state index contributed by atoms with van der Waals surface area (Å²) in [6, 6.07) is 19.4. The Bertz CT molecular complexity index is 1300. The summed E-state index contributed by atoms with van der Waals surface area (Å²) in [6.45, 7) is 4.58. The van der Waals surface area contributed by atoms with E-state index in [1.807, 2.05) is 37.5 Å². The molecule has 1 N–H and O–H groups in total. The molecule has 5 nitrogen and oxygen atoms in total. The highest BCUT2D eigenvalue weighted by molar-refractivity contribution is 6.32. The molecule has 4 rings (SSSR count). The monoisotopic (exact) mass is 492 g/mol. The largest absolute Gasteiger partial charge is 0.492 e. The fraction of sp³-hybridized carbons (Fsp3) is 0.276. The molecule has 0 radical (unpaired) electrons. The second kappa shape index (κ2) is 11.3. The lowest BCUT2D eigenvalue weighted by molar-refractivity contribution is -0.136. The van der Waals surface area contributed by atoms with Crippen molar-refractivity contribution in [1.82, 2.24) is 0 Å². The summed E-state index contributed by atoms with van der Waals surface area (Å²) in [7, 11) is 0. The Morgan fingerprint density at radius 1 is 1.09 bits per heavy atom. The van der Waals surface area contributed by atoms with Gasteiger partial charge in [0.15, 0.2) is 0 Å². The SMILES string of the molecule is CCCc1c(OC(C)CCOc2ccc(CC(=O)O)cc2Cl)ccc2c(-c3ccccc3)coc12. The molecular formula is C29H29ClO5. The highest BCUT2D eigenvalue weighted by Crippen LogP contribution is 2.37. The fourth-order valence-corrected chi connectivity index (χ4v) is 4.39. The van der Waals surface area contributed by atoms with Gasteiger partial charge in [0.05, 0.1) is 30.4 Å². The Kier molecular flexibility index (Phi) is 7.98. The van der Waals surface area contributed by atoms with Crippen LogP contribution in [0.5, 0.6) is 11.5 Å². The molecule has 4 aromatic rings. The van der Waals surface area contributed by atoms with E-state index in [0.717, 1.165) is 46.3 Å². The third-order valence-electron chi connectivity index (χ3n) is 5.85. The van der Waals surface area contributed by atoms with Crippen LogP contribution >= 0.6 is 11.6 Å². The average Bonchev–Trinajstić information content (AvgIpc) is 3.27. The maximum atomic E-state index is 10.9. The first kappa shape index (κ1) is 24.7. The van der Waals surface area contributed by atoms with Crippen molar-refractivity contribution in [2.24, 2.45) is 0 Å². The van der Waals surface area contributed by atoms with Gasteiger partial charge in [-0.2, -0.15) is 0 Å². The van der Waals surface area contributed by atoms with Crippen molar-refractivity contribution in [3.63, 3.8) is 0 Å². The first-order valence-corrected chi connectivity index (χ1v) is 12.2. The third-order valence-corrected chi connectivity index (χ3v) is 6.14. The molecule has 0 amide bonds. The van der Waals surface area contributed by atoms with E-state index in [-0.39, 0.29) is 12.5 Å². The smallest absolute Gasteiger partial charge is 0.307 e. The number of rotatable bonds is 11. The van der Waals surface area contributed by atoms with Crippen LogP contribution < -0.4 is 9.47 Å². The third kappa shape index (κ3) is 5.98. The van der Waals surface area contributed by atoms with Crippen molar-refractivity contribution < 1.29 is 23.8 Å². The summed E-state index contributed by atoms with van der Waals surface area (Å²) in [5.74, 6) is 0.467. The van der Waals surface area contributed by atoms with Gasteiger partial charge < -0.3 is 19.0 Å². The number of carboxylic acids is 1. The molecule has 0 aliphatic rings. The van der Waals surface area contributed by atoms with E-state index in [0.29, 0.717) is 29.4 Å². The predicted octanol–water partition coefficient (Wildman–Crippen LogP) is 7.57. The first-order chi connectivity index (χ1) is 17.0. The summed E-state index contributed by atoms with van der Waals surface area (Å²) < 4.78 is 18.2. The Hall–Kier alpha value is -3.44. The van der Waals surface area contributed by atoms with Gasteiger partial charge in [0.1, 0.15) is 17.1 Å². The van der Waals surface area contributed by atoms with E-state index in [1.54, 1.807) is 18.2 Å². The number of carbonyl (C=O) groups is 1. The quantitative estimate of drug-likeness (QED) is 0.234. The number of carboxylic acid groups (broad SMARTS) is 1. The number of fused-ring (bicyclic) bond motifs is 1. The topological polar surface area (TPSA) is 68.9 Å². The highest BCUT2D eigenvalue weighted by atomic mass is 35.5. The Morgan fingerprint density at radius 3 is 2.57 bits per heavy atom. The molecule has 0 fully saturated rings. The number of hydrogen-bond donors (Lipinski definition) is 1. The van der Waals surface area contributed by atoms with Gasteiger partial charge in [-0.1, -0.05) is 61.3 Å². The van der Waals surface area contributed by atoms with Crippen molar-refractivity contribution in [3.8, 4) is 22.6 Å². The van der Waals surface area contributed by atoms with Crippen LogP contribution in [0, 0.1) is 0 Å². The van der Waals surface area contributed by atoms with E-state index >= 15 is 0 Å². The molecule has 0 saturated heterocycles. The summed E-state index contributed by atoms with van der Waals surface area (Å²) in [5, 5.41) is 10.4. The fourth-order valence-electron chi connectivity index (χ4n) is 4.13. The number of aliphatic carboxylic acids is 1. The van der Waals surface area contributed by atoms with Crippen molar-refractivity contribution in [1.29, 1.82) is 0 Å². The van der Waals surface area contributed by atoms with Crippen LogP contribution in [0.25, 0.3) is 22.1 Å². The molecule has 0 saturated carbocycles. The van der Waals surface area contributed by atoms with Gasteiger partial charge in [0.2, 0.25) is 0 Å². The zero-order valence-electron chi connectivity index (χ0n) is 19.9. The zero-order chi connectivity index (χ0) is 24.8. The number of benzene rings is 3. The van der Waals surface area contributed by atoms with Gasteiger partial charge in [-0.15, -0.1) is 0 Å². The Labute approximate surface area is 210 Å². The van der Waals surface area contributed by atoms with Crippen LogP contribution in [-0.4, -0.2) is 23.8 Å². The van der Waals surface area contributed by atoms with Gasteiger partial charge in [0.25, 0.3) is 0 Å². The van der Waals surface area contributed by atoms with Gasteiger partial charge in [-0.25, -0.2) is 0 Å². The number of hydrogen-bond acceptors (Lipinski definition) is 4. The molecule has 1 atom stereocenters. The zero-order valence-corrected chi connectivity index (χ0v) is 20.7. The molecule has 0 aliphatic heterocycles. The second-order valence-corrected chi connectivity index (χ2v) is 8.99. The van der Waals surface area contributed by atoms with Gasteiger partial charge >= 0.3 is 5.97 Å². The molecule has 6 heteroatoms. The number of furan rings is 1. The molecule has 3 aromatic carbocycles. The molecule has 35 heavy (non-hydrogen) atoms. The average molecular weight is 493 g/mol. The maximum absolute atomic E-state index is 10.9. The summed E-state index contributed by atoms with van der Waals surface area (Å²) in [4.78, 5) is 10.9. The van der Waals surface area contributed by atoms with E-state index in [1.165, 1.54) is 0 Å². The number of aryl methyl sites for hydroxylation is 1. The van der Waals surface area contributed by atoms with Crippen LogP contribution in [0.3, 0.4) is 0 Å². The van der Waals surface area contributed by atoms with E-state index in [2.05, 4.69) is 25.1 Å². The van der Waals surface area contributed by atoms with Crippen LogP contribution in [0.2, 0.25) is 5.02 Å². The van der Waals surface area contributed by atoms with E-state index in [4.69, 9.17) is 30.6 Å². The number of halogens is 1. The molecule has 0 bridgehead atoms. The van der Waals surface area contributed by atoms with Gasteiger partial charge in [-0.3, -0.25) is 4.79 Å². The summed E-state index contributed by atoms with van der Waals surface area (Å²) in [6.07, 6.45) is 4.16. The lowest BCUT2D eigenvalue weighted by Crippen LogP contribution is -2.16. The van der Waals surface area contributed by atoms with Crippen molar-refractivity contribution in [2.45, 2.75) is 45.6 Å². The minimum atomic E-state index is -0.896. The molecule has 1 aromatic heterocycles. The first-order valence-electron chi connectivity index (χ1n) is 11.8. The minimum absolute atomic E-state index is 0.0716. The van der Waals surface area contributed by atoms with Crippen LogP contribution in [0.15, 0.2) is 71.3 Å². The molecule has 0 aliphatic carbocycles. The standard InChI is InChI=1S/C29H29ClO5/c1-3-7-23-26(13-11-22-24(18-34-29(22)23)21-8-5-4-6-9-21)35-19(2)14-15-33-27-12-10-20(16-25(27)30)17-28(31)32/h4-6,8-13,16,18-19H,3,7,14-15,17H2,1-2H3,(H,31,32). The second-order valence-electron chi connectivity index (χ2n) is 8.59. The van der Waals surface area contributed by atoms with Gasteiger partial charge in [-0.05, 0) is 48.7 Å². The number of ether oxygens (including phenoxy) is 2. The van der Waals surface area contributed by atoms with E-state index in [9.17, 15) is 4.79 Å². The van der Waals surface area contributed by atoms with Crippen LogP contribution in [0.4, 0.5) is 0 Å². The Balaban J connectivity index is 1.43. The molecule has 1 unspecified atom stereocenters. The molecule has 0 spiro atoms.